The quantitative estimate of drug-likeness (QED) is 0.0228. The zero-order chi connectivity index (χ0) is 67.8. The lowest BCUT2D eigenvalue weighted by Crippen LogP contribution is -2.60. The molecular formula is C61H106N18O11. The molecule has 0 fully saturated rings. The van der Waals surface area contributed by atoms with Crippen molar-refractivity contribution in [2.75, 3.05) is 26.2 Å². The van der Waals surface area contributed by atoms with Crippen molar-refractivity contribution in [1.82, 2.24) is 52.8 Å². The monoisotopic (exact) mass is 1270 g/mol. The number of aromatic amines is 1. The summed E-state index contributed by atoms with van der Waals surface area (Å²) in [6, 6.07) is -3.15. The molecule has 1 heterocycles. The number of benzene rings is 1. The van der Waals surface area contributed by atoms with E-state index in [1.807, 2.05) is 65.8 Å². The average molecular weight is 1270 g/mol. The summed E-state index contributed by atoms with van der Waals surface area (Å²) in [7, 11) is 0. The number of fused-ring (bicyclic) bond motifs is 1. The van der Waals surface area contributed by atoms with Gasteiger partial charge >= 0.3 is 5.97 Å². The Morgan fingerprint density at radius 2 is 0.911 bits per heavy atom. The van der Waals surface area contributed by atoms with E-state index >= 15 is 0 Å². The predicted molar refractivity (Wildman–Crippen MR) is 346 cm³/mol. The minimum Gasteiger partial charge on any atom is -0.480 e. The molecule has 1 aromatic heterocycles. The molecule has 0 unspecified atom stereocenters. The van der Waals surface area contributed by atoms with Crippen molar-refractivity contribution in [1.29, 1.82) is 0 Å². The van der Waals surface area contributed by atoms with Crippen molar-refractivity contribution in [2.45, 2.75) is 207 Å². The fraction of sp³-hybridized carbons (Fsp3) is 0.672. The summed E-state index contributed by atoms with van der Waals surface area (Å²) in [6.07, 6.45) is 4.23. The van der Waals surface area contributed by atoms with Gasteiger partial charge in [-0.1, -0.05) is 93.9 Å². The second-order valence-electron chi connectivity index (χ2n) is 24.8. The predicted octanol–water partition coefficient (Wildman–Crippen LogP) is -0.416. The number of guanidine groups is 2. The number of rotatable bonds is 43. The number of H-pyrrole nitrogens is 1. The van der Waals surface area contributed by atoms with Crippen molar-refractivity contribution < 1.29 is 53.1 Å². The molecule has 0 aliphatic carbocycles. The van der Waals surface area contributed by atoms with E-state index in [1.165, 1.54) is 0 Å². The Balaban J connectivity index is 2.31. The molecule has 1 aromatic carbocycles. The van der Waals surface area contributed by atoms with Crippen LogP contribution in [0.4, 0.5) is 0 Å². The molecule has 0 radical (unpaired) electrons. The van der Waals surface area contributed by atoms with E-state index in [9.17, 15) is 53.1 Å². The molecule has 0 spiro atoms. The summed E-state index contributed by atoms with van der Waals surface area (Å²) < 4.78 is 0. The van der Waals surface area contributed by atoms with Gasteiger partial charge in [0.2, 0.25) is 53.2 Å². The van der Waals surface area contributed by atoms with E-state index in [0.29, 0.717) is 19.3 Å². The number of carbonyl (C=O) groups excluding carboxylic acids is 9. The number of nitrogens with zero attached hydrogens (tertiary/aromatic N) is 2. The van der Waals surface area contributed by atoms with Gasteiger partial charge in [-0.15, -0.1) is 0 Å². The molecule has 0 aliphatic rings. The van der Waals surface area contributed by atoms with Crippen LogP contribution < -0.4 is 82.3 Å². The number of aliphatic carboxylic acids is 1. The highest BCUT2D eigenvalue weighted by Crippen LogP contribution is 2.20. The largest absolute Gasteiger partial charge is 0.480 e. The van der Waals surface area contributed by atoms with Gasteiger partial charge in [0.05, 0.1) is 12.6 Å². The minimum absolute atomic E-state index is 0.0338. The SMILES string of the molecule is CC[C@H](C)[C@H](NC(=O)[C@H](CC(C)C)NC(=O)[C@H](CC(C)C)NC(=O)[C@H](CC(C)C)NC(=O)[C@@H](N)Cc1c[nH]c2ccccc12)C(=O)NCC(=O)N[C@@H](CC(C)C)C(=O)N[C@@H](CCCN=C(N)N)C(=O)N[C@@H](CCCCN)C(=O)N[C@@H](CCCN=C(N)N)C(=O)O. The fourth-order valence-electron chi connectivity index (χ4n) is 9.86. The van der Waals surface area contributed by atoms with Gasteiger partial charge in [-0.25, -0.2) is 4.79 Å². The zero-order valence-corrected chi connectivity index (χ0v) is 54.4. The highest BCUT2D eigenvalue weighted by Gasteiger charge is 2.36. The number of aliphatic imine (C=N–C) groups is 2. The molecule has 23 N–H and O–H groups in total. The van der Waals surface area contributed by atoms with Crippen LogP contribution in [0.15, 0.2) is 40.4 Å². The maximum atomic E-state index is 14.3. The van der Waals surface area contributed by atoms with E-state index in [-0.39, 0.29) is 119 Å². The molecule has 2 rings (SSSR count). The highest BCUT2D eigenvalue weighted by molar-refractivity contribution is 5.98. The van der Waals surface area contributed by atoms with Gasteiger partial charge in [0, 0.05) is 30.2 Å². The molecule has 10 atom stereocenters. The number of unbranched alkanes of at least 4 members (excludes halogenated alkanes) is 1. The first kappa shape index (κ1) is 78.0. The number of carbonyl (C=O) groups is 10. The normalized spacial score (nSPS) is 14.7. The number of carboxylic acid groups (broad SMARTS) is 1. The van der Waals surface area contributed by atoms with E-state index in [2.05, 4.69) is 62.8 Å². The topological polar surface area (TPSA) is 496 Å². The van der Waals surface area contributed by atoms with Gasteiger partial charge in [0.1, 0.15) is 48.3 Å². The van der Waals surface area contributed by atoms with Crippen LogP contribution in [-0.4, -0.2) is 162 Å². The van der Waals surface area contributed by atoms with Crippen LogP contribution >= 0.6 is 0 Å². The molecule has 90 heavy (non-hydrogen) atoms. The molecule has 0 aliphatic heterocycles. The Morgan fingerprint density at radius 1 is 0.511 bits per heavy atom. The summed E-state index contributed by atoms with van der Waals surface area (Å²) >= 11 is 0. The van der Waals surface area contributed by atoms with Gasteiger partial charge in [-0.3, -0.25) is 53.1 Å². The van der Waals surface area contributed by atoms with Gasteiger partial charge in [0.25, 0.3) is 0 Å². The lowest BCUT2D eigenvalue weighted by molar-refractivity contribution is -0.142. The molecule has 29 nitrogen and oxygen atoms in total. The number of para-hydroxylation sites is 1. The number of carboxylic acids is 1. The van der Waals surface area contributed by atoms with Crippen LogP contribution in [0.1, 0.15) is 152 Å². The summed E-state index contributed by atoms with van der Waals surface area (Å²) in [6.45, 7) is 18.2. The standard InChI is InChI=1S/C61H106N18O11/c1-11-37(10)50(79-57(87)48(29-36(8)9)78-56(86)47(28-35(6)7)77-55(85)46(27-34(4)5)76-51(81)40(63)30-38-31-70-41-19-13-12-18-39(38)41)58(88)71-32-49(80)72-45(26-33(2)3)54(84)74-43(21-16-24-68-60(64)65)52(82)73-42(20-14-15-23-62)53(83)75-44(59(89)90)22-17-25-69-61(66)67/h12-13,18-19,31,33-37,40,42-48,50,70H,11,14-17,20-30,32,62-63H2,1-10H3,(H,71,88)(H,72,80)(H,73,82)(H,74,84)(H,75,83)(H,76,81)(H,77,85)(H,78,86)(H,79,87)(H,89,90)(H4,64,65,68)(H4,66,67,69)/t37-,40-,42-,43-,44-,45-,46-,47-,48-,50-/m0/s1. The van der Waals surface area contributed by atoms with Crippen molar-refractivity contribution in [3.63, 3.8) is 0 Å². The van der Waals surface area contributed by atoms with E-state index in [1.54, 1.807) is 33.9 Å². The first-order valence-corrected chi connectivity index (χ1v) is 31.4. The lowest BCUT2D eigenvalue weighted by atomic mass is 9.96. The van der Waals surface area contributed by atoms with Crippen LogP contribution in [0.5, 0.6) is 0 Å². The summed E-state index contributed by atoms with van der Waals surface area (Å²) in [5, 5.41) is 35.1. The Kier molecular flexibility index (Phi) is 35.1. The maximum Gasteiger partial charge on any atom is 0.326 e. The van der Waals surface area contributed by atoms with Crippen LogP contribution in [0.2, 0.25) is 0 Å². The molecule has 0 saturated heterocycles. The number of nitrogens with one attached hydrogen (secondary N) is 10. The molecular weight excluding hydrogens is 1160 g/mol. The van der Waals surface area contributed by atoms with E-state index in [0.717, 1.165) is 16.5 Å². The second-order valence-corrected chi connectivity index (χ2v) is 24.8. The smallest absolute Gasteiger partial charge is 0.326 e. The van der Waals surface area contributed by atoms with Crippen LogP contribution in [0, 0.1) is 29.6 Å². The van der Waals surface area contributed by atoms with Gasteiger partial charge in [0.15, 0.2) is 11.9 Å². The van der Waals surface area contributed by atoms with Gasteiger partial charge < -0.3 is 92.3 Å². The van der Waals surface area contributed by atoms with Crippen molar-refractivity contribution in [3.05, 3.63) is 36.0 Å². The molecule has 2 aromatic rings. The molecule has 29 heteroatoms. The zero-order valence-electron chi connectivity index (χ0n) is 54.4. The highest BCUT2D eigenvalue weighted by atomic mass is 16.4. The molecule has 506 valence electrons. The molecule has 0 saturated carbocycles. The van der Waals surface area contributed by atoms with Crippen molar-refractivity contribution >= 4 is 82.0 Å². The van der Waals surface area contributed by atoms with E-state index in [4.69, 9.17) is 34.4 Å². The number of nitrogens with two attached hydrogens (primary N) is 6. The first-order valence-electron chi connectivity index (χ1n) is 31.4. The Morgan fingerprint density at radius 3 is 1.36 bits per heavy atom. The molecule has 9 amide bonds. The second kappa shape index (κ2) is 40.5. The van der Waals surface area contributed by atoms with Crippen molar-refractivity contribution in [2.24, 2.45) is 74.0 Å². The van der Waals surface area contributed by atoms with Crippen LogP contribution in [0.3, 0.4) is 0 Å². The summed E-state index contributed by atoms with van der Waals surface area (Å²) in [5.41, 5.74) is 35.7. The van der Waals surface area contributed by atoms with E-state index < -0.39 is 126 Å². The third kappa shape index (κ3) is 29.5. The Bertz CT molecular complexity index is 2710. The Labute approximate surface area is 529 Å². The summed E-state index contributed by atoms with van der Waals surface area (Å²) in [5.74, 6) is -9.11. The number of aromatic nitrogens is 1. The first-order chi connectivity index (χ1) is 42.4. The Hall–Kier alpha value is -8.08. The average Bonchev–Trinajstić information content (AvgIpc) is 2.30. The number of hydrogen-bond acceptors (Lipinski definition) is 14. The summed E-state index contributed by atoms with van der Waals surface area (Å²) in [4.78, 5) is 149. The minimum atomic E-state index is -1.35. The lowest BCUT2D eigenvalue weighted by Gasteiger charge is -2.29. The van der Waals surface area contributed by atoms with Gasteiger partial charge in [-0.2, -0.15) is 0 Å². The number of amides is 9. The van der Waals surface area contributed by atoms with Crippen LogP contribution in [0.25, 0.3) is 10.9 Å². The van der Waals surface area contributed by atoms with Crippen molar-refractivity contribution in [3.8, 4) is 0 Å². The maximum absolute atomic E-state index is 14.3. The number of hydrogen-bond donors (Lipinski definition) is 17. The third-order valence-electron chi connectivity index (χ3n) is 14.8. The fourth-order valence-corrected chi connectivity index (χ4v) is 9.86. The van der Waals surface area contributed by atoms with Crippen LogP contribution in [-0.2, 0) is 54.4 Å². The third-order valence-corrected chi connectivity index (χ3v) is 14.8. The molecule has 0 bridgehead atoms. The van der Waals surface area contributed by atoms with Gasteiger partial charge in [-0.05, 0) is 125 Å².